The molecule has 134 valence electrons. The summed E-state index contributed by atoms with van der Waals surface area (Å²) >= 11 is 1.91. The number of carbonyl (C=O) groups is 1. The summed E-state index contributed by atoms with van der Waals surface area (Å²) in [5.41, 5.74) is 5.33. The summed E-state index contributed by atoms with van der Waals surface area (Å²) in [6, 6.07) is 0.333. The summed E-state index contributed by atoms with van der Waals surface area (Å²) in [6.45, 7) is 3.65. The Kier molecular flexibility index (Phi) is 4.65. The molecule has 2 heterocycles. The molecule has 6 heteroatoms. The zero-order chi connectivity index (χ0) is 17.4. The van der Waals surface area contributed by atoms with Crippen molar-refractivity contribution in [1.29, 1.82) is 0 Å². The molecule has 0 saturated carbocycles. The first kappa shape index (κ1) is 16.8. The molecular formula is C19H25N3O2S. The van der Waals surface area contributed by atoms with E-state index in [9.17, 15) is 9.90 Å². The molecule has 2 N–H and O–H groups in total. The number of thiophene rings is 1. The molecule has 2 aromatic rings. The zero-order valence-corrected chi connectivity index (χ0v) is 15.5. The normalized spacial score (nSPS) is 19.5. The molecule has 0 unspecified atom stereocenters. The predicted octanol–water partition coefficient (Wildman–Crippen LogP) is 3.19. The molecule has 4 rings (SSSR count). The summed E-state index contributed by atoms with van der Waals surface area (Å²) in [5, 5.41) is 19.8. The highest BCUT2D eigenvalue weighted by molar-refractivity contribution is 7.10. The molecule has 0 spiro atoms. The first-order valence-electron chi connectivity index (χ1n) is 9.30. The summed E-state index contributed by atoms with van der Waals surface area (Å²) < 4.78 is 1.87. The van der Waals surface area contributed by atoms with E-state index in [1.807, 2.05) is 22.9 Å². The summed E-state index contributed by atoms with van der Waals surface area (Å²) in [4.78, 5) is 13.1. The van der Waals surface area contributed by atoms with E-state index in [0.717, 1.165) is 43.6 Å². The fourth-order valence-corrected chi connectivity index (χ4v) is 5.41. The van der Waals surface area contributed by atoms with Crippen LogP contribution in [-0.4, -0.2) is 26.9 Å². The number of hydrogen-bond acceptors (Lipinski definition) is 4. The number of nitrogens with one attached hydrogen (secondary N) is 1. The second-order valence-corrected chi connectivity index (χ2v) is 8.05. The maximum Gasteiger partial charge on any atom is 0.356 e. The van der Waals surface area contributed by atoms with Crippen molar-refractivity contribution in [2.24, 2.45) is 0 Å². The van der Waals surface area contributed by atoms with E-state index in [1.54, 1.807) is 10.4 Å². The van der Waals surface area contributed by atoms with Crippen LogP contribution in [0.15, 0.2) is 5.38 Å². The summed E-state index contributed by atoms with van der Waals surface area (Å²) in [7, 11) is 0. The van der Waals surface area contributed by atoms with Crippen molar-refractivity contribution in [1.82, 2.24) is 15.1 Å². The molecule has 25 heavy (non-hydrogen) atoms. The van der Waals surface area contributed by atoms with Gasteiger partial charge in [-0.15, -0.1) is 11.3 Å². The predicted molar refractivity (Wildman–Crippen MR) is 98.5 cm³/mol. The first-order valence-corrected chi connectivity index (χ1v) is 10.2. The first-order chi connectivity index (χ1) is 12.2. The smallest absolute Gasteiger partial charge is 0.356 e. The van der Waals surface area contributed by atoms with Crippen LogP contribution in [0.5, 0.6) is 0 Å². The van der Waals surface area contributed by atoms with Crippen LogP contribution in [0.1, 0.15) is 63.9 Å². The fraction of sp³-hybridized carbons (Fsp3) is 0.579. The standard InChI is InChI=1S/C19H25N3O2S/c1-2-22-16-8-7-13(9-15(16)18(21-22)19(23)24)20-10-12-11-25-17-6-4-3-5-14(12)17/h11,13,20H,2-10H2,1H3,(H,23,24)/t13-/m0/s1. The molecule has 0 radical (unpaired) electrons. The molecule has 0 aromatic carbocycles. The quantitative estimate of drug-likeness (QED) is 0.860. The van der Waals surface area contributed by atoms with Crippen LogP contribution < -0.4 is 5.32 Å². The number of carboxylic acids is 1. The fourth-order valence-electron chi connectivity index (χ4n) is 4.26. The van der Waals surface area contributed by atoms with E-state index in [2.05, 4.69) is 15.8 Å². The number of aromatic carboxylic acids is 1. The molecule has 0 amide bonds. The van der Waals surface area contributed by atoms with Crippen LogP contribution in [0, 0.1) is 0 Å². The Balaban J connectivity index is 1.47. The lowest BCUT2D eigenvalue weighted by molar-refractivity contribution is 0.0688. The van der Waals surface area contributed by atoms with Crippen LogP contribution in [0.4, 0.5) is 0 Å². The Bertz CT molecular complexity index is 793. The molecule has 2 aliphatic carbocycles. The second kappa shape index (κ2) is 6.92. The van der Waals surface area contributed by atoms with E-state index >= 15 is 0 Å². The van der Waals surface area contributed by atoms with Crippen LogP contribution >= 0.6 is 11.3 Å². The Morgan fingerprint density at radius 2 is 2.20 bits per heavy atom. The number of nitrogens with zero attached hydrogens (tertiary/aromatic N) is 2. The Morgan fingerprint density at radius 3 is 3.00 bits per heavy atom. The monoisotopic (exact) mass is 359 g/mol. The van der Waals surface area contributed by atoms with Gasteiger partial charge in [-0.05, 0) is 68.4 Å². The van der Waals surface area contributed by atoms with Crippen LogP contribution in [0.2, 0.25) is 0 Å². The maximum absolute atomic E-state index is 11.5. The number of aryl methyl sites for hydroxylation is 2. The lowest BCUT2D eigenvalue weighted by Crippen LogP contribution is -2.35. The van der Waals surface area contributed by atoms with Crippen molar-refractivity contribution in [2.75, 3.05) is 0 Å². The van der Waals surface area contributed by atoms with Crippen molar-refractivity contribution < 1.29 is 9.90 Å². The van der Waals surface area contributed by atoms with Gasteiger partial charge in [0.25, 0.3) is 0 Å². The molecule has 5 nitrogen and oxygen atoms in total. The third-order valence-corrected chi connectivity index (χ3v) is 6.72. The van der Waals surface area contributed by atoms with Crippen LogP contribution in [0.25, 0.3) is 0 Å². The van der Waals surface area contributed by atoms with Gasteiger partial charge in [-0.1, -0.05) is 0 Å². The lowest BCUT2D eigenvalue weighted by Gasteiger charge is -2.24. The average molecular weight is 359 g/mol. The molecule has 1 atom stereocenters. The van der Waals surface area contributed by atoms with Gasteiger partial charge in [0.05, 0.1) is 0 Å². The highest BCUT2D eigenvalue weighted by atomic mass is 32.1. The van der Waals surface area contributed by atoms with Crippen molar-refractivity contribution in [3.05, 3.63) is 38.3 Å². The minimum Gasteiger partial charge on any atom is -0.476 e. The Hall–Kier alpha value is -1.66. The van der Waals surface area contributed by atoms with Crippen molar-refractivity contribution in [3.63, 3.8) is 0 Å². The van der Waals surface area contributed by atoms with Crippen molar-refractivity contribution in [3.8, 4) is 0 Å². The molecule has 0 fully saturated rings. The molecule has 2 aromatic heterocycles. The number of aromatic nitrogens is 2. The zero-order valence-electron chi connectivity index (χ0n) is 14.7. The Morgan fingerprint density at radius 1 is 1.36 bits per heavy atom. The molecule has 0 saturated heterocycles. The van der Waals surface area contributed by atoms with Crippen molar-refractivity contribution in [2.45, 2.75) is 71.0 Å². The third kappa shape index (κ3) is 3.13. The summed E-state index contributed by atoms with van der Waals surface area (Å²) in [6.07, 6.45) is 7.81. The number of hydrogen-bond donors (Lipinski definition) is 2. The van der Waals surface area contributed by atoms with E-state index in [4.69, 9.17) is 0 Å². The minimum absolute atomic E-state index is 0.247. The largest absolute Gasteiger partial charge is 0.476 e. The lowest BCUT2D eigenvalue weighted by atomic mass is 9.90. The van der Waals surface area contributed by atoms with E-state index in [0.29, 0.717) is 6.04 Å². The van der Waals surface area contributed by atoms with Gasteiger partial charge in [0.1, 0.15) is 0 Å². The van der Waals surface area contributed by atoms with Gasteiger partial charge in [0, 0.05) is 35.3 Å². The molecule has 0 bridgehead atoms. The highest BCUT2D eigenvalue weighted by Crippen LogP contribution is 2.31. The van der Waals surface area contributed by atoms with Gasteiger partial charge in [-0.25, -0.2) is 4.79 Å². The Labute approximate surface area is 152 Å². The van der Waals surface area contributed by atoms with E-state index in [-0.39, 0.29) is 5.69 Å². The number of fused-ring (bicyclic) bond motifs is 2. The molecule has 2 aliphatic rings. The number of rotatable bonds is 5. The number of carboxylic acid groups (broad SMARTS) is 1. The van der Waals surface area contributed by atoms with Crippen LogP contribution in [-0.2, 0) is 38.8 Å². The molecular weight excluding hydrogens is 334 g/mol. The second-order valence-electron chi connectivity index (χ2n) is 7.09. The van der Waals surface area contributed by atoms with Gasteiger partial charge in [-0.2, -0.15) is 5.10 Å². The molecule has 0 aliphatic heterocycles. The third-order valence-electron chi connectivity index (χ3n) is 5.58. The van der Waals surface area contributed by atoms with Gasteiger partial charge in [0.2, 0.25) is 0 Å². The summed E-state index contributed by atoms with van der Waals surface area (Å²) in [5.74, 6) is -0.906. The average Bonchev–Trinajstić information content (AvgIpc) is 3.21. The highest BCUT2D eigenvalue weighted by Gasteiger charge is 2.28. The van der Waals surface area contributed by atoms with E-state index in [1.165, 1.54) is 31.2 Å². The SMILES string of the molecule is CCn1nc(C(=O)O)c2c1CC[C@H](NCc1csc3c1CCCC3)C2. The van der Waals surface area contributed by atoms with Gasteiger partial charge in [-0.3, -0.25) is 4.68 Å². The minimum atomic E-state index is -0.906. The van der Waals surface area contributed by atoms with Crippen molar-refractivity contribution >= 4 is 17.3 Å². The topological polar surface area (TPSA) is 67.2 Å². The van der Waals surface area contributed by atoms with Gasteiger partial charge < -0.3 is 10.4 Å². The van der Waals surface area contributed by atoms with Gasteiger partial charge >= 0.3 is 5.97 Å². The van der Waals surface area contributed by atoms with Gasteiger partial charge in [0.15, 0.2) is 5.69 Å². The van der Waals surface area contributed by atoms with Crippen LogP contribution in [0.3, 0.4) is 0 Å². The van der Waals surface area contributed by atoms with E-state index < -0.39 is 5.97 Å². The maximum atomic E-state index is 11.5.